The second kappa shape index (κ2) is 13.1. The van der Waals surface area contributed by atoms with Crippen LogP contribution in [0.15, 0.2) is 78.9 Å². The number of hydrogen-bond acceptors (Lipinski definition) is 5. The molecule has 6 nitrogen and oxygen atoms in total. The van der Waals surface area contributed by atoms with Crippen LogP contribution in [-0.2, 0) is 4.79 Å². The fraction of sp³-hybridized carbons (Fsp3) is 0.258. The second-order valence-corrected chi connectivity index (χ2v) is 9.01. The van der Waals surface area contributed by atoms with E-state index < -0.39 is 0 Å². The molecule has 1 fully saturated rings. The van der Waals surface area contributed by atoms with E-state index >= 15 is 0 Å². The molecule has 0 unspecified atom stereocenters. The highest BCUT2D eigenvalue weighted by Crippen LogP contribution is 2.40. The van der Waals surface area contributed by atoms with Gasteiger partial charge in [-0.1, -0.05) is 42.5 Å². The van der Waals surface area contributed by atoms with E-state index in [0.717, 1.165) is 16.7 Å². The van der Waals surface area contributed by atoms with E-state index in [4.69, 9.17) is 14.2 Å². The normalized spacial score (nSPS) is 14.4. The van der Waals surface area contributed by atoms with Gasteiger partial charge in [-0.2, -0.15) is 0 Å². The maximum Gasteiger partial charge on any atom is 0.246 e. The van der Waals surface area contributed by atoms with Crippen molar-refractivity contribution in [3.05, 3.63) is 107 Å². The minimum absolute atomic E-state index is 0.0845. The van der Waals surface area contributed by atoms with Gasteiger partial charge in [0.15, 0.2) is 11.5 Å². The summed E-state index contributed by atoms with van der Waals surface area (Å²) in [5.41, 5.74) is 2.62. The van der Waals surface area contributed by atoms with Crippen LogP contribution < -0.4 is 14.2 Å². The third kappa shape index (κ3) is 6.64. The molecule has 0 bridgehead atoms. The third-order valence-electron chi connectivity index (χ3n) is 6.72. The first kappa shape index (κ1) is 27.9. The van der Waals surface area contributed by atoms with E-state index in [1.807, 2.05) is 12.1 Å². The van der Waals surface area contributed by atoms with Crippen molar-refractivity contribution in [1.29, 1.82) is 0 Å². The third-order valence-corrected chi connectivity index (χ3v) is 6.72. The molecule has 0 spiro atoms. The zero-order valence-corrected chi connectivity index (χ0v) is 22.3. The molecule has 204 valence electrons. The van der Waals surface area contributed by atoms with Crippen LogP contribution in [0.25, 0.3) is 6.08 Å². The van der Waals surface area contributed by atoms with Crippen LogP contribution >= 0.6 is 0 Å². The van der Waals surface area contributed by atoms with Crippen molar-refractivity contribution in [2.24, 2.45) is 0 Å². The molecule has 39 heavy (non-hydrogen) atoms. The van der Waals surface area contributed by atoms with Crippen LogP contribution in [-0.4, -0.2) is 63.2 Å². The summed E-state index contributed by atoms with van der Waals surface area (Å²) in [7, 11) is 4.67. The van der Waals surface area contributed by atoms with Gasteiger partial charge in [-0.05, 0) is 47.5 Å². The number of carbonyl (C=O) groups excluding carboxylic acids is 1. The average Bonchev–Trinajstić information content (AvgIpc) is 2.97. The summed E-state index contributed by atoms with van der Waals surface area (Å²) in [6, 6.07) is 16.2. The minimum Gasteiger partial charge on any atom is -0.493 e. The van der Waals surface area contributed by atoms with Crippen LogP contribution in [0, 0.1) is 11.6 Å². The molecule has 0 atom stereocenters. The summed E-state index contributed by atoms with van der Waals surface area (Å²) >= 11 is 0. The van der Waals surface area contributed by atoms with E-state index in [-0.39, 0.29) is 23.6 Å². The number of halogens is 2. The molecule has 1 aliphatic rings. The first-order chi connectivity index (χ1) is 18.9. The average molecular weight is 535 g/mol. The predicted octanol–water partition coefficient (Wildman–Crippen LogP) is 5.49. The summed E-state index contributed by atoms with van der Waals surface area (Å²) in [5.74, 6) is 0.909. The molecule has 0 saturated carbocycles. The molecular weight excluding hydrogens is 502 g/mol. The van der Waals surface area contributed by atoms with E-state index in [2.05, 4.69) is 4.90 Å². The molecule has 8 heteroatoms. The zero-order valence-electron chi connectivity index (χ0n) is 22.3. The summed E-state index contributed by atoms with van der Waals surface area (Å²) < 4.78 is 43.4. The zero-order chi connectivity index (χ0) is 27.8. The van der Waals surface area contributed by atoms with Crippen LogP contribution in [0.5, 0.6) is 17.2 Å². The molecule has 1 amide bonds. The molecule has 0 N–H and O–H groups in total. The lowest BCUT2D eigenvalue weighted by atomic mass is 9.96. The molecule has 3 aromatic carbocycles. The highest BCUT2D eigenvalue weighted by molar-refractivity contribution is 5.88. The molecule has 1 heterocycles. The van der Waals surface area contributed by atoms with Crippen molar-refractivity contribution in [3.8, 4) is 17.2 Å². The number of allylic oxidation sites excluding steroid dienone is 2. The standard InChI is InChI=1S/C31H32F2N2O4/c1-37-27-17-12-24(30(38-2)31(27)39-3)6-4-5-7-28(36)34-18-20-35(21-19-34)29(22-8-13-25(32)14-9-22)23-10-15-26(33)16-11-23/h4-17,29H,18-21H2,1-3H3/b6-4+,7-5+. The van der Waals surface area contributed by atoms with Crippen molar-refractivity contribution in [2.45, 2.75) is 6.04 Å². The van der Waals surface area contributed by atoms with E-state index in [0.29, 0.717) is 43.4 Å². The number of nitrogens with zero attached hydrogens (tertiary/aromatic N) is 2. The highest BCUT2D eigenvalue weighted by Gasteiger charge is 2.27. The van der Waals surface area contributed by atoms with Crippen molar-refractivity contribution < 1.29 is 27.8 Å². The Balaban J connectivity index is 1.41. The van der Waals surface area contributed by atoms with Gasteiger partial charge in [-0.15, -0.1) is 0 Å². The van der Waals surface area contributed by atoms with Gasteiger partial charge in [0.25, 0.3) is 0 Å². The van der Waals surface area contributed by atoms with Crippen molar-refractivity contribution in [1.82, 2.24) is 9.80 Å². The van der Waals surface area contributed by atoms with E-state index in [1.165, 1.54) is 30.3 Å². The maximum atomic E-state index is 13.6. The van der Waals surface area contributed by atoms with Crippen LogP contribution in [0.3, 0.4) is 0 Å². The lowest BCUT2D eigenvalue weighted by Gasteiger charge is -2.39. The van der Waals surface area contributed by atoms with Crippen molar-refractivity contribution >= 4 is 12.0 Å². The number of hydrogen-bond donors (Lipinski definition) is 0. The first-order valence-electron chi connectivity index (χ1n) is 12.6. The van der Waals surface area contributed by atoms with Crippen LogP contribution in [0.2, 0.25) is 0 Å². The molecule has 0 radical (unpaired) electrons. The van der Waals surface area contributed by atoms with E-state index in [1.54, 1.807) is 68.7 Å². The fourth-order valence-corrected chi connectivity index (χ4v) is 4.76. The van der Waals surface area contributed by atoms with Crippen LogP contribution in [0.4, 0.5) is 8.78 Å². The summed E-state index contributed by atoms with van der Waals surface area (Å²) in [4.78, 5) is 16.9. The number of amides is 1. The molecular formula is C31H32F2N2O4. The Morgan fingerprint density at radius 3 is 1.82 bits per heavy atom. The molecule has 4 rings (SSSR count). The molecule has 1 saturated heterocycles. The summed E-state index contributed by atoms with van der Waals surface area (Å²) in [6.07, 6.45) is 6.84. The van der Waals surface area contributed by atoms with Crippen molar-refractivity contribution in [2.75, 3.05) is 47.5 Å². The molecule has 1 aliphatic heterocycles. The Morgan fingerprint density at radius 1 is 0.744 bits per heavy atom. The lowest BCUT2D eigenvalue weighted by molar-refractivity contribution is -0.127. The highest BCUT2D eigenvalue weighted by atomic mass is 19.1. The SMILES string of the molecule is COc1ccc(/C=C/C=C/C(=O)N2CCN(C(c3ccc(F)cc3)c3ccc(F)cc3)CC2)c(OC)c1OC. The lowest BCUT2D eigenvalue weighted by Crippen LogP contribution is -2.49. The topological polar surface area (TPSA) is 51.2 Å². The predicted molar refractivity (Wildman–Crippen MR) is 147 cm³/mol. The van der Waals surface area contributed by atoms with Gasteiger partial charge >= 0.3 is 0 Å². The fourth-order valence-electron chi connectivity index (χ4n) is 4.76. The second-order valence-electron chi connectivity index (χ2n) is 9.01. The monoisotopic (exact) mass is 534 g/mol. The first-order valence-corrected chi connectivity index (χ1v) is 12.6. The number of rotatable bonds is 9. The van der Waals surface area contributed by atoms with Crippen molar-refractivity contribution in [3.63, 3.8) is 0 Å². The van der Waals surface area contributed by atoms with Gasteiger partial charge in [-0.25, -0.2) is 8.78 Å². The Labute approximate surface area is 227 Å². The molecule has 0 aromatic heterocycles. The van der Waals surface area contributed by atoms with Gasteiger partial charge in [0.2, 0.25) is 11.7 Å². The summed E-state index contributed by atoms with van der Waals surface area (Å²) in [6.45, 7) is 2.32. The van der Waals surface area contributed by atoms with Crippen LogP contribution in [0.1, 0.15) is 22.7 Å². The van der Waals surface area contributed by atoms with Gasteiger partial charge in [-0.3, -0.25) is 9.69 Å². The quantitative estimate of drug-likeness (QED) is 0.268. The van der Waals surface area contributed by atoms with Gasteiger partial charge in [0.1, 0.15) is 11.6 Å². The summed E-state index contributed by atoms with van der Waals surface area (Å²) in [5, 5.41) is 0. The molecule has 0 aliphatic carbocycles. The number of carbonyl (C=O) groups is 1. The molecule has 3 aromatic rings. The van der Waals surface area contributed by atoms with Gasteiger partial charge in [0, 0.05) is 37.8 Å². The van der Waals surface area contributed by atoms with E-state index in [9.17, 15) is 13.6 Å². The van der Waals surface area contributed by atoms with Gasteiger partial charge in [0.05, 0.1) is 27.4 Å². The Hall–Kier alpha value is -4.17. The van der Waals surface area contributed by atoms with Gasteiger partial charge < -0.3 is 19.1 Å². The largest absolute Gasteiger partial charge is 0.493 e. The number of ether oxygens (including phenoxy) is 3. The minimum atomic E-state index is -0.308. The Kier molecular flexibility index (Phi) is 9.33. The number of piperazine rings is 1. The number of methoxy groups -OCH3 is 3. The number of benzene rings is 3. The Morgan fingerprint density at radius 2 is 1.31 bits per heavy atom. The maximum absolute atomic E-state index is 13.6. The Bertz CT molecular complexity index is 1270. The smallest absolute Gasteiger partial charge is 0.246 e.